The van der Waals surface area contributed by atoms with Gasteiger partial charge in [0.1, 0.15) is 23.4 Å². The third-order valence-electron chi connectivity index (χ3n) is 4.90. The first-order valence-corrected chi connectivity index (χ1v) is 9.07. The lowest BCUT2D eigenvalue weighted by Gasteiger charge is -2.40. The van der Waals surface area contributed by atoms with E-state index in [0.29, 0.717) is 29.3 Å². The van der Waals surface area contributed by atoms with E-state index in [0.717, 1.165) is 18.9 Å². The molecule has 0 aromatic heterocycles. The highest BCUT2D eigenvalue weighted by Crippen LogP contribution is 2.40. The van der Waals surface area contributed by atoms with E-state index in [1.54, 1.807) is 23.1 Å². The number of methoxy groups -OCH3 is 1. The topological polar surface area (TPSA) is 49.8 Å². The summed E-state index contributed by atoms with van der Waals surface area (Å²) in [6, 6.07) is 6.72. The van der Waals surface area contributed by atoms with Gasteiger partial charge >= 0.3 is 5.97 Å². The average molecular weight is 396 g/mol. The number of carboxylic acids is 1. The standard InChI is InChI=1S/C20H20ClF2NO3/c1-27-18-8-5-12(21)10-15(18)19(14-7-6-13(22)11-16(14)23)24-9-3-2-4-17(24)20(25)26/h5-8,10-11,17,19H,2-4,9H2,1H3,(H,25,26). The highest BCUT2D eigenvalue weighted by atomic mass is 35.5. The number of carboxylic acid groups (broad SMARTS) is 1. The van der Waals surface area contributed by atoms with Crippen LogP contribution in [-0.4, -0.2) is 35.7 Å². The minimum absolute atomic E-state index is 0.185. The minimum Gasteiger partial charge on any atom is -0.496 e. The van der Waals surface area contributed by atoms with Crippen molar-refractivity contribution in [3.8, 4) is 5.75 Å². The first-order valence-electron chi connectivity index (χ1n) is 8.69. The van der Waals surface area contributed by atoms with Gasteiger partial charge in [-0.25, -0.2) is 8.78 Å². The maximum absolute atomic E-state index is 14.7. The van der Waals surface area contributed by atoms with Crippen LogP contribution in [0.15, 0.2) is 36.4 Å². The van der Waals surface area contributed by atoms with Gasteiger partial charge < -0.3 is 9.84 Å². The Kier molecular flexibility index (Phi) is 5.97. The second-order valence-electron chi connectivity index (χ2n) is 6.54. The molecule has 2 aromatic carbocycles. The van der Waals surface area contributed by atoms with E-state index in [1.165, 1.54) is 19.2 Å². The summed E-state index contributed by atoms with van der Waals surface area (Å²) in [6.45, 7) is 0.466. The van der Waals surface area contributed by atoms with Crippen molar-refractivity contribution in [2.24, 2.45) is 0 Å². The van der Waals surface area contributed by atoms with Gasteiger partial charge in [0, 0.05) is 22.2 Å². The molecule has 1 aliphatic heterocycles. The summed E-state index contributed by atoms with van der Waals surface area (Å²) < 4.78 is 33.6. The number of likely N-dealkylation sites (tertiary alicyclic amines) is 1. The summed E-state index contributed by atoms with van der Waals surface area (Å²) in [4.78, 5) is 13.6. The summed E-state index contributed by atoms with van der Waals surface area (Å²) in [5.74, 6) is -1.94. The zero-order valence-electron chi connectivity index (χ0n) is 14.8. The van der Waals surface area contributed by atoms with E-state index in [1.807, 2.05) is 0 Å². The number of aliphatic carboxylic acids is 1. The number of carbonyl (C=O) groups is 1. The van der Waals surface area contributed by atoms with Crippen molar-refractivity contribution in [3.63, 3.8) is 0 Å². The molecule has 0 spiro atoms. The molecular weight excluding hydrogens is 376 g/mol. The average Bonchev–Trinajstić information content (AvgIpc) is 2.64. The van der Waals surface area contributed by atoms with E-state index >= 15 is 0 Å². The van der Waals surface area contributed by atoms with Crippen molar-refractivity contribution in [1.29, 1.82) is 0 Å². The van der Waals surface area contributed by atoms with E-state index < -0.39 is 29.7 Å². The van der Waals surface area contributed by atoms with Crippen LogP contribution in [0.5, 0.6) is 5.75 Å². The van der Waals surface area contributed by atoms with Crippen LogP contribution in [-0.2, 0) is 4.79 Å². The summed E-state index contributed by atoms with van der Waals surface area (Å²) >= 11 is 6.16. The fraction of sp³-hybridized carbons (Fsp3) is 0.350. The zero-order valence-corrected chi connectivity index (χ0v) is 15.5. The molecule has 2 unspecified atom stereocenters. The summed E-state index contributed by atoms with van der Waals surface area (Å²) in [6.07, 6.45) is 2.02. The van der Waals surface area contributed by atoms with Crippen molar-refractivity contribution in [2.75, 3.05) is 13.7 Å². The Labute approximate surface area is 161 Å². The van der Waals surface area contributed by atoms with Gasteiger partial charge in [-0.2, -0.15) is 0 Å². The summed E-state index contributed by atoms with van der Waals surface area (Å²) in [5, 5.41) is 10.1. The van der Waals surface area contributed by atoms with Crippen molar-refractivity contribution in [3.05, 3.63) is 64.2 Å². The molecule has 2 aromatic rings. The van der Waals surface area contributed by atoms with Crippen LogP contribution in [0.25, 0.3) is 0 Å². The van der Waals surface area contributed by atoms with Crippen LogP contribution in [0.1, 0.15) is 36.4 Å². The number of rotatable bonds is 5. The molecule has 0 saturated carbocycles. The largest absolute Gasteiger partial charge is 0.496 e. The molecule has 2 atom stereocenters. The third kappa shape index (κ3) is 4.06. The minimum atomic E-state index is -0.969. The lowest BCUT2D eigenvalue weighted by Crippen LogP contribution is -2.47. The van der Waals surface area contributed by atoms with Gasteiger partial charge in [-0.1, -0.05) is 24.1 Å². The number of hydrogen-bond acceptors (Lipinski definition) is 3. The van der Waals surface area contributed by atoms with Gasteiger partial charge in [-0.15, -0.1) is 0 Å². The Morgan fingerprint density at radius 2 is 2.00 bits per heavy atom. The number of benzene rings is 2. The van der Waals surface area contributed by atoms with Crippen molar-refractivity contribution < 1.29 is 23.4 Å². The maximum Gasteiger partial charge on any atom is 0.320 e. The van der Waals surface area contributed by atoms with Gasteiger partial charge in [-0.05, 0) is 43.7 Å². The molecule has 0 aliphatic carbocycles. The van der Waals surface area contributed by atoms with Gasteiger partial charge in [0.25, 0.3) is 0 Å². The number of halogens is 3. The lowest BCUT2D eigenvalue weighted by atomic mass is 9.91. The Morgan fingerprint density at radius 3 is 2.67 bits per heavy atom. The molecule has 7 heteroatoms. The number of ether oxygens (including phenoxy) is 1. The second-order valence-corrected chi connectivity index (χ2v) is 6.98. The molecule has 0 radical (unpaired) electrons. The van der Waals surface area contributed by atoms with E-state index in [9.17, 15) is 18.7 Å². The van der Waals surface area contributed by atoms with Crippen LogP contribution in [0, 0.1) is 11.6 Å². The Bertz CT molecular complexity index is 846. The van der Waals surface area contributed by atoms with Crippen LogP contribution < -0.4 is 4.74 Å². The first kappa shape index (κ1) is 19.6. The van der Waals surface area contributed by atoms with Crippen molar-refractivity contribution in [1.82, 2.24) is 4.90 Å². The van der Waals surface area contributed by atoms with Gasteiger partial charge in [0.15, 0.2) is 0 Å². The summed E-state index contributed by atoms with van der Waals surface area (Å²) in [5.41, 5.74) is 0.730. The van der Waals surface area contributed by atoms with Crippen LogP contribution in [0.2, 0.25) is 5.02 Å². The predicted molar refractivity (Wildman–Crippen MR) is 98.2 cm³/mol. The zero-order chi connectivity index (χ0) is 19.6. The molecule has 1 fully saturated rings. The molecule has 1 aliphatic rings. The molecule has 1 N–H and O–H groups in total. The quantitative estimate of drug-likeness (QED) is 0.800. The molecule has 4 nitrogen and oxygen atoms in total. The monoisotopic (exact) mass is 395 g/mol. The van der Waals surface area contributed by atoms with Crippen molar-refractivity contribution in [2.45, 2.75) is 31.3 Å². The predicted octanol–water partition coefficient (Wildman–Crippen LogP) is 4.66. The van der Waals surface area contributed by atoms with E-state index in [2.05, 4.69) is 0 Å². The SMILES string of the molecule is COc1ccc(Cl)cc1C(c1ccc(F)cc1F)N1CCCCC1C(=O)O. The Balaban J connectivity index is 2.20. The fourth-order valence-electron chi connectivity index (χ4n) is 3.70. The number of hydrogen-bond donors (Lipinski definition) is 1. The Morgan fingerprint density at radius 1 is 1.22 bits per heavy atom. The fourth-order valence-corrected chi connectivity index (χ4v) is 3.88. The van der Waals surface area contributed by atoms with Gasteiger partial charge in [0.05, 0.1) is 13.2 Å². The van der Waals surface area contributed by atoms with E-state index in [-0.39, 0.29) is 5.56 Å². The molecule has 1 saturated heterocycles. The number of nitrogens with zero attached hydrogens (tertiary/aromatic N) is 1. The molecule has 0 amide bonds. The Hall–Kier alpha value is -2.18. The van der Waals surface area contributed by atoms with Gasteiger partial charge in [0.2, 0.25) is 0 Å². The number of piperidine rings is 1. The third-order valence-corrected chi connectivity index (χ3v) is 5.14. The molecule has 144 valence electrons. The molecule has 1 heterocycles. The highest BCUT2D eigenvalue weighted by molar-refractivity contribution is 6.30. The van der Waals surface area contributed by atoms with Gasteiger partial charge in [-0.3, -0.25) is 9.69 Å². The first-order chi connectivity index (χ1) is 12.9. The smallest absolute Gasteiger partial charge is 0.320 e. The lowest BCUT2D eigenvalue weighted by molar-refractivity contribution is -0.145. The molecule has 3 rings (SSSR count). The van der Waals surface area contributed by atoms with Crippen molar-refractivity contribution >= 4 is 17.6 Å². The second kappa shape index (κ2) is 8.23. The van der Waals surface area contributed by atoms with Crippen LogP contribution >= 0.6 is 11.6 Å². The van der Waals surface area contributed by atoms with Crippen LogP contribution in [0.4, 0.5) is 8.78 Å². The maximum atomic E-state index is 14.7. The normalized spacial score (nSPS) is 18.9. The molecule has 0 bridgehead atoms. The molecular formula is C20H20ClF2NO3. The highest BCUT2D eigenvalue weighted by Gasteiger charge is 2.37. The molecule has 27 heavy (non-hydrogen) atoms. The summed E-state index contributed by atoms with van der Waals surface area (Å²) in [7, 11) is 1.48. The van der Waals surface area contributed by atoms with Crippen LogP contribution in [0.3, 0.4) is 0 Å². The van der Waals surface area contributed by atoms with E-state index in [4.69, 9.17) is 16.3 Å².